The molecule has 2 heterocycles. The summed E-state index contributed by atoms with van der Waals surface area (Å²) in [5.74, 6) is 1.68. The highest BCUT2D eigenvalue weighted by molar-refractivity contribution is 5.84. The van der Waals surface area contributed by atoms with Crippen molar-refractivity contribution in [3.8, 4) is 11.5 Å². The second kappa shape index (κ2) is 8.03. The first kappa shape index (κ1) is 17.9. The largest absolute Gasteiger partial charge is 0.454 e. The van der Waals surface area contributed by atoms with E-state index < -0.39 is 0 Å². The highest BCUT2D eigenvalue weighted by Gasteiger charge is 2.15. The van der Waals surface area contributed by atoms with Gasteiger partial charge in [0.2, 0.25) is 6.79 Å². The summed E-state index contributed by atoms with van der Waals surface area (Å²) >= 11 is 0. The fraction of sp³-hybridized carbons (Fsp3) is 0.364. The molecule has 0 aliphatic carbocycles. The van der Waals surface area contributed by atoms with Gasteiger partial charge in [0.25, 0.3) is 0 Å². The number of benzene rings is 2. The van der Waals surface area contributed by atoms with Crippen LogP contribution in [-0.4, -0.2) is 36.3 Å². The Morgan fingerprint density at radius 1 is 1.07 bits per heavy atom. The predicted octanol–water partition coefficient (Wildman–Crippen LogP) is 3.60. The molecule has 0 amide bonds. The van der Waals surface area contributed by atoms with Gasteiger partial charge in [-0.2, -0.15) is 0 Å². The monoisotopic (exact) mass is 365 g/mol. The summed E-state index contributed by atoms with van der Waals surface area (Å²) in [5.41, 5.74) is 10.9. The zero-order valence-corrected chi connectivity index (χ0v) is 15.8. The molecule has 0 spiro atoms. The lowest BCUT2D eigenvalue weighted by Crippen LogP contribution is -2.28. The molecule has 142 valence electrons. The standard InChI is InChI=1S/C22H27N3O2/c1-16-18(19-5-2-3-6-20(19)24-16)9-12-25(11-4-10-23)14-17-7-8-21-22(13-17)27-15-26-21/h2-3,5-8,13,24H,4,9-12,14-15,23H2,1H3. The molecular weight excluding hydrogens is 338 g/mol. The lowest BCUT2D eigenvalue weighted by molar-refractivity contribution is 0.174. The molecule has 5 heteroatoms. The molecule has 1 aliphatic heterocycles. The number of hydrogen-bond donors (Lipinski definition) is 2. The van der Waals surface area contributed by atoms with Crippen molar-refractivity contribution in [2.45, 2.75) is 26.3 Å². The normalized spacial score (nSPS) is 13.0. The number of aromatic nitrogens is 1. The van der Waals surface area contributed by atoms with Gasteiger partial charge < -0.3 is 20.2 Å². The van der Waals surface area contributed by atoms with Crippen molar-refractivity contribution in [2.75, 3.05) is 26.4 Å². The van der Waals surface area contributed by atoms with Gasteiger partial charge in [-0.15, -0.1) is 0 Å². The smallest absolute Gasteiger partial charge is 0.231 e. The highest BCUT2D eigenvalue weighted by atomic mass is 16.7. The summed E-state index contributed by atoms with van der Waals surface area (Å²) in [4.78, 5) is 5.98. The van der Waals surface area contributed by atoms with Gasteiger partial charge in [-0.3, -0.25) is 4.90 Å². The number of ether oxygens (including phenoxy) is 2. The van der Waals surface area contributed by atoms with Crippen LogP contribution in [-0.2, 0) is 13.0 Å². The molecule has 0 saturated heterocycles. The maximum Gasteiger partial charge on any atom is 0.231 e. The molecule has 0 radical (unpaired) electrons. The first-order valence-corrected chi connectivity index (χ1v) is 9.62. The summed E-state index contributed by atoms with van der Waals surface area (Å²) in [7, 11) is 0. The third-order valence-corrected chi connectivity index (χ3v) is 5.23. The summed E-state index contributed by atoms with van der Waals surface area (Å²) in [6, 6.07) is 14.8. The summed E-state index contributed by atoms with van der Waals surface area (Å²) in [5, 5.41) is 1.33. The first-order chi connectivity index (χ1) is 13.2. The van der Waals surface area contributed by atoms with Gasteiger partial charge in [-0.1, -0.05) is 24.3 Å². The molecule has 1 aliphatic rings. The minimum atomic E-state index is 0.315. The first-order valence-electron chi connectivity index (χ1n) is 9.62. The number of fused-ring (bicyclic) bond motifs is 2. The van der Waals surface area contributed by atoms with Gasteiger partial charge in [0.15, 0.2) is 11.5 Å². The third kappa shape index (κ3) is 3.94. The van der Waals surface area contributed by atoms with Gasteiger partial charge in [0.05, 0.1) is 0 Å². The average molecular weight is 365 g/mol. The van der Waals surface area contributed by atoms with E-state index in [0.717, 1.165) is 44.0 Å². The van der Waals surface area contributed by atoms with Gasteiger partial charge in [0, 0.05) is 29.7 Å². The molecule has 4 rings (SSSR count). The van der Waals surface area contributed by atoms with Gasteiger partial charge in [0.1, 0.15) is 0 Å². The van der Waals surface area contributed by atoms with E-state index in [1.165, 1.54) is 27.7 Å². The minimum absolute atomic E-state index is 0.315. The van der Waals surface area contributed by atoms with Gasteiger partial charge in [-0.05, 0) is 62.2 Å². The Bertz CT molecular complexity index is 919. The minimum Gasteiger partial charge on any atom is -0.454 e. The quantitative estimate of drug-likeness (QED) is 0.640. The lowest BCUT2D eigenvalue weighted by atomic mass is 10.1. The molecular formula is C22H27N3O2. The molecule has 0 saturated carbocycles. The number of rotatable bonds is 8. The van der Waals surface area contributed by atoms with Crippen LogP contribution < -0.4 is 15.2 Å². The van der Waals surface area contributed by atoms with Crippen LogP contribution in [0.1, 0.15) is 23.2 Å². The topological polar surface area (TPSA) is 63.5 Å². The Labute approximate surface area is 160 Å². The van der Waals surface area contributed by atoms with E-state index in [1.807, 2.05) is 6.07 Å². The number of para-hydroxylation sites is 1. The maximum atomic E-state index is 5.77. The summed E-state index contributed by atoms with van der Waals surface area (Å²) in [6.45, 7) is 6.07. The fourth-order valence-electron chi connectivity index (χ4n) is 3.81. The Hall–Kier alpha value is -2.50. The van der Waals surface area contributed by atoms with Crippen molar-refractivity contribution in [1.82, 2.24) is 9.88 Å². The van der Waals surface area contributed by atoms with E-state index in [4.69, 9.17) is 15.2 Å². The lowest BCUT2D eigenvalue weighted by Gasteiger charge is -2.22. The van der Waals surface area contributed by atoms with Crippen LogP contribution in [0.2, 0.25) is 0 Å². The van der Waals surface area contributed by atoms with E-state index in [0.29, 0.717) is 13.3 Å². The van der Waals surface area contributed by atoms with E-state index in [1.54, 1.807) is 0 Å². The Balaban J connectivity index is 1.47. The zero-order chi connectivity index (χ0) is 18.6. The van der Waals surface area contributed by atoms with Crippen molar-refractivity contribution in [2.24, 2.45) is 5.73 Å². The second-order valence-electron chi connectivity index (χ2n) is 7.13. The van der Waals surface area contributed by atoms with E-state index >= 15 is 0 Å². The number of nitrogens with one attached hydrogen (secondary N) is 1. The third-order valence-electron chi connectivity index (χ3n) is 5.23. The molecule has 0 atom stereocenters. The molecule has 2 aromatic carbocycles. The van der Waals surface area contributed by atoms with Crippen LogP contribution in [0, 0.1) is 6.92 Å². The number of nitrogens with zero attached hydrogens (tertiary/aromatic N) is 1. The average Bonchev–Trinajstić information content (AvgIpc) is 3.27. The highest BCUT2D eigenvalue weighted by Crippen LogP contribution is 2.33. The van der Waals surface area contributed by atoms with Crippen LogP contribution >= 0.6 is 0 Å². The Morgan fingerprint density at radius 2 is 1.93 bits per heavy atom. The zero-order valence-electron chi connectivity index (χ0n) is 15.8. The number of nitrogens with two attached hydrogens (primary N) is 1. The van der Waals surface area contributed by atoms with Crippen molar-refractivity contribution < 1.29 is 9.47 Å². The molecule has 0 unspecified atom stereocenters. The van der Waals surface area contributed by atoms with Crippen molar-refractivity contribution in [3.63, 3.8) is 0 Å². The number of hydrogen-bond acceptors (Lipinski definition) is 4. The maximum absolute atomic E-state index is 5.77. The Morgan fingerprint density at radius 3 is 2.81 bits per heavy atom. The number of aryl methyl sites for hydroxylation is 1. The van der Waals surface area contributed by atoms with Crippen LogP contribution in [0.4, 0.5) is 0 Å². The number of aromatic amines is 1. The summed E-state index contributed by atoms with van der Waals surface area (Å²) in [6.07, 6.45) is 2.02. The van der Waals surface area contributed by atoms with Crippen molar-refractivity contribution >= 4 is 10.9 Å². The van der Waals surface area contributed by atoms with E-state index in [-0.39, 0.29) is 0 Å². The van der Waals surface area contributed by atoms with Crippen molar-refractivity contribution in [3.05, 3.63) is 59.3 Å². The SMILES string of the molecule is Cc1[nH]c2ccccc2c1CCN(CCCN)Cc1ccc2c(c1)OCO2. The molecule has 3 aromatic rings. The molecule has 3 N–H and O–H groups in total. The second-order valence-corrected chi connectivity index (χ2v) is 7.13. The van der Waals surface area contributed by atoms with E-state index in [2.05, 4.69) is 53.2 Å². The number of H-pyrrole nitrogens is 1. The Kier molecular flexibility index (Phi) is 5.32. The van der Waals surface area contributed by atoms with Crippen LogP contribution in [0.15, 0.2) is 42.5 Å². The van der Waals surface area contributed by atoms with Gasteiger partial charge in [-0.25, -0.2) is 0 Å². The molecule has 0 bridgehead atoms. The van der Waals surface area contributed by atoms with E-state index in [9.17, 15) is 0 Å². The molecule has 1 aromatic heterocycles. The van der Waals surface area contributed by atoms with Crippen LogP contribution in [0.3, 0.4) is 0 Å². The fourth-order valence-corrected chi connectivity index (χ4v) is 3.81. The van der Waals surface area contributed by atoms with Crippen LogP contribution in [0.5, 0.6) is 11.5 Å². The molecule has 27 heavy (non-hydrogen) atoms. The van der Waals surface area contributed by atoms with Crippen LogP contribution in [0.25, 0.3) is 10.9 Å². The predicted molar refractivity (Wildman–Crippen MR) is 108 cm³/mol. The van der Waals surface area contributed by atoms with Gasteiger partial charge >= 0.3 is 0 Å². The van der Waals surface area contributed by atoms with Crippen molar-refractivity contribution in [1.29, 1.82) is 0 Å². The molecule has 5 nitrogen and oxygen atoms in total. The molecule has 0 fully saturated rings. The summed E-state index contributed by atoms with van der Waals surface area (Å²) < 4.78 is 10.9.